The Hall–Kier alpha value is -3.11. The summed E-state index contributed by atoms with van der Waals surface area (Å²) in [4.78, 5) is 13.1. The van der Waals surface area contributed by atoms with Gasteiger partial charge in [0.25, 0.3) is 5.91 Å². The van der Waals surface area contributed by atoms with Crippen molar-refractivity contribution in [1.29, 1.82) is 0 Å². The third-order valence-electron chi connectivity index (χ3n) is 6.07. The summed E-state index contributed by atoms with van der Waals surface area (Å²) in [6, 6.07) is 9.72. The number of amides is 1. The zero-order chi connectivity index (χ0) is 24.6. The Bertz CT molecular complexity index is 1330. The van der Waals surface area contributed by atoms with Crippen LogP contribution in [0.3, 0.4) is 0 Å². The third-order valence-corrected chi connectivity index (χ3v) is 8.12. The fourth-order valence-corrected chi connectivity index (χ4v) is 5.31. The quantitative estimate of drug-likeness (QED) is 0.551. The minimum absolute atomic E-state index is 0.170. The van der Waals surface area contributed by atoms with Crippen LogP contribution in [-0.2, 0) is 29.4 Å². The number of nitrogens with zero attached hydrogens (tertiary/aromatic N) is 3. The first-order valence-corrected chi connectivity index (χ1v) is 12.4. The molecule has 0 atom stereocenters. The molecule has 4 rings (SSSR count). The van der Waals surface area contributed by atoms with Crippen molar-refractivity contribution in [2.75, 3.05) is 7.05 Å². The lowest BCUT2D eigenvalue weighted by molar-refractivity contribution is 0.0944. The molecule has 0 spiro atoms. The zero-order valence-electron chi connectivity index (χ0n) is 19.2. The molecule has 0 saturated heterocycles. The zero-order valence-corrected chi connectivity index (χ0v) is 20.0. The molecular formula is C24H26F2N4O3S. The highest BCUT2D eigenvalue weighted by atomic mass is 32.2. The number of rotatable bonds is 7. The minimum atomic E-state index is -3.58. The van der Waals surface area contributed by atoms with Crippen LogP contribution in [0, 0.1) is 11.6 Å². The van der Waals surface area contributed by atoms with Gasteiger partial charge in [0, 0.05) is 37.0 Å². The largest absolute Gasteiger partial charge is 0.347 e. The number of hydrogen-bond donors (Lipinski definition) is 1. The number of halogens is 2. The molecule has 0 saturated carbocycles. The molecule has 7 nitrogen and oxygen atoms in total. The summed E-state index contributed by atoms with van der Waals surface area (Å²) >= 11 is 0. The van der Waals surface area contributed by atoms with Crippen molar-refractivity contribution in [3.63, 3.8) is 0 Å². The molecular weight excluding hydrogens is 462 g/mol. The third kappa shape index (κ3) is 4.47. The number of benzene rings is 2. The van der Waals surface area contributed by atoms with Gasteiger partial charge < -0.3 is 5.32 Å². The molecule has 1 N–H and O–H groups in total. The maximum absolute atomic E-state index is 13.7. The average molecular weight is 489 g/mol. The number of sulfonamides is 1. The molecule has 1 aliphatic carbocycles. The first-order chi connectivity index (χ1) is 16.1. The van der Waals surface area contributed by atoms with E-state index in [1.807, 2.05) is 0 Å². The van der Waals surface area contributed by atoms with Crippen molar-refractivity contribution in [2.24, 2.45) is 0 Å². The summed E-state index contributed by atoms with van der Waals surface area (Å²) in [7, 11) is -2.05. The van der Waals surface area contributed by atoms with Crippen LogP contribution < -0.4 is 5.32 Å². The van der Waals surface area contributed by atoms with E-state index in [-0.39, 0.29) is 29.1 Å². The van der Waals surface area contributed by atoms with E-state index in [1.54, 1.807) is 26.0 Å². The standard InChI is InChI=1S/C24H26F2N4O3S/c1-15(2)29(3)34(32,33)18-10-7-16(8-11-18)14-27-24(31)23-19-5-4-6-22(19)30(28-23)17-9-12-20(25)21(26)13-17/h7-13,15H,4-6,14H2,1-3H3,(H,27,31). The van der Waals surface area contributed by atoms with Gasteiger partial charge in [-0.15, -0.1) is 0 Å². The van der Waals surface area contributed by atoms with Gasteiger partial charge in [-0.2, -0.15) is 9.40 Å². The Balaban J connectivity index is 1.50. The lowest BCUT2D eigenvalue weighted by atomic mass is 10.2. The number of nitrogens with one attached hydrogen (secondary N) is 1. The number of aromatic nitrogens is 2. The van der Waals surface area contributed by atoms with Crippen molar-refractivity contribution < 1.29 is 22.0 Å². The smallest absolute Gasteiger partial charge is 0.272 e. The summed E-state index contributed by atoms with van der Waals surface area (Å²) in [5, 5.41) is 7.22. The second kappa shape index (κ2) is 9.27. The lowest BCUT2D eigenvalue weighted by Crippen LogP contribution is -2.33. The Labute approximate surface area is 197 Å². The topological polar surface area (TPSA) is 84.3 Å². The first kappa shape index (κ1) is 24.0. The van der Waals surface area contributed by atoms with E-state index in [1.165, 1.54) is 34.2 Å². The number of carbonyl (C=O) groups excluding carboxylic acids is 1. The molecule has 10 heteroatoms. The van der Waals surface area contributed by atoms with Crippen LogP contribution in [0.5, 0.6) is 0 Å². The Morgan fingerprint density at radius 2 is 1.82 bits per heavy atom. The van der Waals surface area contributed by atoms with E-state index < -0.39 is 21.7 Å². The molecule has 0 aliphatic heterocycles. The normalized spacial score (nSPS) is 13.5. The predicted molar refractivity (Wildman–Crippen MR) is 123 cm³/mol. The van der Waals surface area contributed by atoms with Gasteiger partial charge in [-0.1, -0.05) is 12.1 Å². The SMILES string of the molecule is CC(C)N(C)S(=O)(=O)c1ccc(CNC(=O)c2nn(-c3ccc(F)c(F)c3)c3c2CCC3)cc1. The molecule has 180 valence electrons. The second-order valence-electron chi connectivity index (χ2n) is 8.58. The van der Waals surface area contributed by atoms with Crippen LogP contribution in [-0.4, -0.2) is 41.5 Å². The Morgan fingerprint density at radius 1 is 1.12 bits per heavy atom. The second-order valence-corrected chi connectivity index (χ2v) is 10.6. The van der Waals surface area contributed by atoms with Crippen LogP contribution in [0.2, 0.25) is 0 Å². The molecule has 0 radical (unpaired) electrons. The molecule has 1 heterocycles. The summed E-state index contributed by atoms with van der Waals surface area (Å²) in [5.41, 5.74) is 2.98. The summed E-state index contributed by atoms with van der Waals surface area (Å²) < 4.78 is 55.1. The molecule has 1 aromatic heterocycles. The summed E-state index contributed by atoms with van der Waals surface area (Å²) in [5.74, 6) is -2.30. The van der Waals surface area contributed by atoms with Crippen LogP contribution >= 0.6 is 0 Å². The number of carbonyl (C=O) groups is 1. The van der Waals surface area contributed by atoms with Crippen LogP contribution in [0.1, 0.15) is 47.6 Å². The van der Waals surface area contributed by atoms with Crippen LogP contribution in [0.4, 0.5) is 8.78 Å². The van der Waals surface area contributed by atoms with E-state index in [9.17, 15) is 22.0 Å². The maximum Gasteiger partial charge on any atom is 0.272 e. The van der Waals surface area contributed by atoms with Gasteiger partial charge in [0.2, 0.25) is 10.0 Å². The van der Waals surface area contributed by atoms with Gasteiger partial charge in [-0.3, -0.25) is 4.79 Å². The summed E-state index contributed by atoms with van der Waals surface area (Å²) in [6.07, 6.45) is 2.21. The van der Waals surface area contributed by atoms with Crippen molar-refractivity contribution in [1.82, 2.24) is 19.4 Å². The molecule has 34 heavy (non-hydrogen) atoms. The van der Waals surface area contributed by atoms with Gasteiger partial charge in [-0.05, 0) is 62.9 Å². The van der Waals surface area contributed by atoms with Crippen molar-refractivity contribution in [3.05, 3.63) is 76.6 Å². The van der Waals surface area contributed by atoms with E-state index in [0.29, 0.717) is 18.5 Å². The van der Waals surface area contributed by atoms with E-state index in [4.69, 9.17) is 0 Å². The monoisotopic (exact) mass is 488 g/mol. The molecule has 2 aromatic carbocycles. The maximum atomic E-state index is 13.7. The predicted octanol–water partition coefficient (Wildman–Crippen LogP) is 3.60. The van der Waals surface area contributed by atoms with Gasteiger partial charge in [0.05, 0.1) is 10.6 Å². The molecule has 0 fully saturated rings. The van der Waals surface area contributed by atoms with Gasteiger partial charge in [0.15, 0.2) is 17.3 Å². The van der Waals surface area contributed by atoms with Gasteiger partial charge in [-0.25, -0.2) is 21.9 Å². The fraction of sp³-hybridized carbons (Fsp3) is 0.333. The van der Waals surface area contributed by atoms with E-state index in [0.717, 1.165) is 35.4 Å². The fourth-order valence-electron chi connectivity index (χ4n) is 3.94. The Morgan fingerprint density at radius 3 is 2.47 bits per heavy atom. The molecule has 1 aliphatic rings. The highest BCUT2D eigenvalue weighted by Crippen LogP contribution is 2.28. The highest BCUT2D eigenvalue weighted by molar-refractivity contribution is 7.89. The number of fused-ring (bicyclic) bond motifs is 1. The van der Waals surface area contributed by atoms with Crippen LogP contribution in [0.25, 0.3) is 5.69 Å². The molecule has 0 unspecified atom stereocenters. The Kier molecular flexibility index (Phi) is 6.55. The molecule has 1 amide bonds. The van der Waals surface area contributed by atoms with E-state index in [2.05, 4.69) is 10.4 Å². The molecule has 3 aromatic rings. The van der Waals surface area contributed by atoms with Gasteiger partial charge >= 0.3 is 0 Å². The number of hydrogen-bond acceptors (Lipinski definition) is 4. The highest BCUT2D eigenvalue weighted by Gasteiger charge is 2.27. The van der Waals surface area contributed by atoms with Crippen molar-refractivity contribution in [3.8, 4) is 5.69 Å². The molecule has 0 bridgehead atoms. The van der Waals surface area contributed by atoms with E-state index >= 15 is 0 Å². The minimum Gasteiger partial charge on any atom is -0.347 e. The summed E-state index contributed by atoms with van der Waals surface area (Å²) in [6.45, 7) is 3.78. The average Bonchev–Trinajstić information content (AvgIpc) is 3.42. The first-order valence-electron chi connectivity index (χ1n) is 11.0. The van der Waals surface area contributed by atoms with Gasteiger partial charge in [0.1, 0.15) is 0 Å². The van der Waals surface area contributed by atoms with Crippen LogP contribution in [0.15, 0.2) is 47.4 Å². The van der Waals surface area contributed by atoms with Crippen molar-refractivity contribution in [2.45, 2.75) is 50.6 Å². The lowest BCUT2D eigenvalue weighted by Gasteiger charge is -2.21. The van der Waals surface area contributed by atoms with Crippen molar-refractivity contribution >= 4 is 15.9 Å².